The van der Waals surface area contributed by atoms with Crippen LogP contribution in [-0.4, -0.2) is 40.4 Å². The first kappa shape index (κ1) is 16.1. The molecule has 1 N–H and O–H groups in total. The summed E-state index contributed by atoms with van der Waals surface area (Å²) in [7, 11) is 0. The van der Waals surface area contributed by atoms with Gasteiger partial charge < -0.3 is 10.0 Å². The van der Waals surface area contributed by atoms with Crippen molar-refractivity contribution in [3.05, 3.63) is 35.9 Å². The SMILES string of the molecule is CCN(CC(C)(C)O)C(=O)CSCc1ccccc1. The number of amides is 1. The van der Waals surface area contributed by atoms with Crippen LogP contribution in [0.3, 0.4) is 0 Å². The standard InChI is InChI=1S/C15H23NO2S/c1-4-16(12-15(2,3)18)14(17)11-19-10-13-8-6-5-7-9-13/h5-9,18H,4,10-12H2,1-3H3. The molecule has 0 spiro atoms. The first-order chi connectivity index (χ1) is 8.92. The molecule has 106 valence electrons. The minimum Gasteiger partial charge on any atom is -0.389 e. The molecule has 0 fully saturated rings. The molecule has 0 saturated carbocycles. The number of carbonyl (C=O) groups is 1. The molecular weight excluding hydrogens is 258 g/mol. The van der Waals surface area contributed by atoms with Crippen molar-refractivity contribution in [1.29, 1.82) is 0 Å². The molecule has 0 aliphatic carbocycles. The molecule has 0 aliphatic rings. The van der Waals surface area contributed by atoms with E-state index in [-0.39, 0.29) is 5.91 Å². The van der Waals surface area contributed by atoms with Crippen LogP contribution in [-0.2, 0) is 10.5 Å². The Hall–Kier alpha value is -1.00. The second-order valence-corrected chi connectivity index (χ2v) is 6.18. The number of benzene rings is 1. The number of carbonyl (C=O) groups excluding carboxylic acids is 1. The number of nitrogens with zero attached hydrogens (tertiary/aromatic N) is 1. The lowest BCUT2D eigenvalue weighted by atomic mass is 10.1. The number of rotatable bonds is 7. The molecule has 0 aromatic heterocycles. The van der Waals surface area contributed by atoms with Gasteiger partial charge in [-0.3, -0.25) is 4.79 Å². The summed E-state index contributed by atoms with van der Waals surface area (Å²) in [6.07, 6.45) is 0. The minimum atomic E-state index is -0.838. The number of thioether (sulfide) groups is 1. The summed E-state index contributed by atoms with van der Waals surface area (Å²) < 4.78 is 0. The Balaban J connectivity index is 2.37. The maximum Gasteiger partial charge on any atom is 0.232 e. The number of hydrogen-bond acceptors (Lipinski definition) is 3. The smallest absolute Gasteiger partial charge is 0.232 e. The van der Waals surface area contributed by atoms with E-state index in [9.17, 15) is 9.90 Å². The van der Waals surface area contributed by atoms with Crippen molar-refractivity contribution in [3.63, 3.8) is 0 Å². The topological polar surface area (TPSA) is 40.5 Å². The maximum atomic E-state index is 12.0. The average Bonchev–Trinajstić information content (AvgIpc) is 2.36. The lowest BCUT2D eigenvalue weighted by molar-refractivity contribution is -0.131. The second-order valence-electron chi connectivity index (χ2n) is 5.20. The van der Waals surface area contributed by atoms with E-state index in [4.69, 9.17) is 0 Å². The predicted molar refractivity (Wildman–Crippen MR) is 81.2 cm³/mol. The monoisotopic (exact) mass is 281 g/mol. The fraction of sp³-hybridized carbons (Fsp3) is 0.533. The average molecular weight is 281 g/mol. The Labute approximate surface area is 120 Å². The molecule has 0 saturated heterocycles. The summed E-state index contributed by atoms with van der Waals surface area (Å²) in [6, 6.07) is 10.1. The van der Waals surface area contributed by atoms with E-state index in [1.54, 1.807) is 30.5 Å². The van der Waals surface area contributed by atoms with Crippen molar-refractivity contribution in [2.75, 3.05) is 18.8 Å². The van der Waals surface area contributed by atoms with E-state index in [1.807, 2.05) is 25.1 Å². The number of hydrogen-bond donors (Lipinski definition) is 1. The number of likely N-dealkylation sites (N-methyl/N-ethyl adjacent to an activating group) is 1. The summed E-state index contributed by atoms with van der Waals surface area (Å²) >= 11 is 1.61. The van der Waals surface area contributed by atoms with Gasteiger partial charge in [0.15, 0.2) is 0 Å². The fourth-order valence-electron chi connectivity index (χ4n) is 1.77. The first-order valence-corrected chi connectivity index (χ1v) is 7.69. The van der Waals surface area contributed by atoms with Crippen molar-refractivity contribution in [1.82, 2.24) is 4.90 Å². The lowest BCUT2D eigenvalue weighted by Gasteiger charge is -2.28. The van der Waals surface area contributed by atoms with E-state index in [0.29, 0.717) is 18.8 Å². The van der Waals surface area contributed by atoms with Crippen LogP contribution in [0, 0.1) is 0 Å². The van der Waals surface area contributed by atoms with Gasteiger partial charge in [-0.1, -0.05) is 30.3 Å². The highest BCUT2D eigenvalue weighted by Crippen LogP contribution is 2.13. The van der Waals surface area contributed by atoms with Gasteiger partial charge in [0.1, 0.15) is 0 Å². The Morgan fingerprint density at radius 1 is 1.32 bits per heavy atom. The summed E-state index contributed by atoms with van der Waals surface area (Å²) in [6.45, 7) is 6.40. The highest BCUT2D eigenvalue weighted by atomic mass is 32.2. The van der Waals surface area contributed by atoms with E-state index < -0.39 is 5.60 Å². The molecule has 1 aromatic rings. The van der Waals surface area contributed by atoms with Crippen LogP contribution in [0.5, 0.6) is 0 Å². The predicted octanol–water partition coefficient (Wildman–Crippen LogP) is 2.54. The summed E-state index contributed by atoms with van der Waals surface area (Å²) in [4.78, 5) is 13.7. The van der Waals surface area contributed by atoms with Crippen molar-refractivity contribution in [2.24, 2.45) is 0 Å². The minimum absolute atomic E-state index is 0.0885. The fourth-order valence-corrected chi connectivity index (χ4v) is 2.65. The van der Waals surface area contributed by atoms with Crippen molar-refractivity contribution in [3.8, 4) is 0 Å². The molecule has 3 nitrogen and oxygen atoms in total. The van der Waals surface area contributed by atoms with Crippen molar-refractivity contribution in [2.45, 2.75) is 32.1 Å². The van der Waals surface area contributed by atoms with Crippen LogP contribution >= 0.6 is 11.8 Å². The zero-order valence-electron chi connectivity index (χ0n) is 11.9. The molecule has 0 heterocycles. The molecular formula is C15H23NO2S. The Morgan fingerprint density at radius 2 is 1.95 bits per heavy atom. The molecule has 0 radical (unpaired) electrons. The lowest BCUT2D eigenvalue weighted by Crippen LogP contribution is -2.42. The van der Waals surface area contributed by atoms with Crippen LogP contribution in [0.2, 0.25) is 0 Å². The third kappa shape index (κ3) is 6.64. The molecule has 0 atom stereocenters. The second kappa shape index (κ2) is 7.56. The van der Waals surface area contributed by atoms with Gasteiger partial charge in [-0.2, -0.15) is 0 Å². The van der Waals surface area contributed by atoms with Gasteiger partial charge >= 0.3 is 0 Å². The van der Waals surface area contributed by atoms with Gasteiger partial charge in [0.25, 0.3) is 0 Å². The maximum absolute atomic E-state index is 12.0. The quantitative estimate of drug-likeness (QED) is 0.835. The summed E-state index contributed by atoms with van der Waals surface area (Å²) in [5, 5.41) is 9.77. The molecule has 19 heavy (non-hydrogen) atoms. The van der Waals surface area contributed by atoms with Crippen molar-refractivity contribution >= 4 is 17.7 Å². The van der Waals surface area contributed by atoms with E-state index in [2.05, 4.69) is 12.1 Å². The van der Waals surface area contributed by atoms with Crippen LogP contribution in [0.1, 0.15) is 26.3 Å². The van der Waals surface area contributed by atoms with Gasteiger partial charge in [0.2, 0.25) is 5.91 Å². The normalized spacial score (nSPS) is 11.4. The van der Waals surface area contributed by atoms with Crippen LogP contribution in [0.4, 0.5) is 0 Å². The van der Waals surface area contributed by atoms with E-state index >= 15 is 0 Å². The zero-order valence-corrected chi connectivity index (χ0v) is 12.7. The highest BCUT2D eigenvalue weighted by molar-refractivity contribution is 7.99. The first-order valence-electron chi connectivity index (χ1n) is 6.54. The van der Waals surface area contributed by atoms with Crippen LogP contribution in [0.25, 0.3) is 0 Å². The Bertz CT molecular complexity index is 387. The van der Waals surface area contributed by atoms with E-state index in [0.717, 1.165) is 5.75 Å². The third-order valence-corrected chi connectivity index (χ3v) is 3.64. The zero-order chi connectivity index (χ0) is 14.3. The molecule has 1 rings (SSSR count). The van der Waals surface area contributed by atoms with E-state index in [1.165, 1.54) is 5.56 Å². The Morgan fingerprint density at radius 3 is 2.47 bits per heavy atom. The summed E-state index contributed by atoms with van der Waals surface area (Å²) in [5.41, 5.74) is 0.390. The molecule has 1 amide bonds. The molecule has 0 unspecified atom stereocenters. The molecule has 1 aromatic carbocycles. The van der Waals surface area contributed by atoms with Crippen LogP contribution < -0.4 is 0 Å². The van der Waals surface area contributed by atoms with Gasteiger partial charge in [-0.25, -0.2) is 0 Å². The summed E-state index contributed by atoms with van der Waals surface area (Å²) in [5.74, 6) is 1.39. The van der Waals surface area contributed by atoms with Crippen molar-refractivity contribution < 1.29 is 9.90 Å². The van der Waals surface area contributed by atoms with Crippen LogP contribution in [0.15, 0.2) is 30.3 Å². The number of aliphatic hydroxyl groups is 1. The highest BCUT2D eigenvalue weighted by Gasteiger charge is 2.20. The molecule has 0 bridgehead atoms. The Kier molecular flexibility index (Phi) is 6.38. The largest absolute Gasteiger partial charge is 0.389 e. The third-order valence-electron chi connectivity index (χ3n) is 2.65. The van der Waals surface area contributed by atoms with Gasteiger partial charge in [0.05, 0.1) is 11.4 Å². The van der Waals surface area contributed by atoms with Gasteiger partial charge in [-0.05, 0) is 26.3 Å². The molecule has 0 aliphatic heterocycles. The molecule has 4 heteroatoms. The van der Waals surface area contributed by atoms with Gasteiger partial charge in [-0.15, -0.1) is 11.8 Å². The van der Waals surface area contributed by atoms with Gasteiger partial charge in [0, 0.05) is 18.8 Å².